The second-order valence-electron chi connectivity index (χ2n) is 5.22. The molecule has 0 atom stereocenters. The van der Waals surface area contributed by atoms with Crippen molar-refractivity contribution in [2.75, 3.05) is 79.2 Å². The zero-order chi connectivity index (χ0) is 21.6. The fraction of sp³-hybridized carbons (Fsp3) is 0.667. The summed E-state index contributed by atoms with van der Waals surface area (Å²) in [5, 5.41) is 28.1. The number of nitrogens with two attached hydrogens (primary N) is 1. The van der Waals surface area contributed by atoms with Crippen molar-refractivity contribution >= 4 is 17.2 Å². The van der Waals surface area contributed by atoms with Crippen molar-refractivity contribution in [2.45, 2.75) is 0 Å². The third-order valence-corrected chi connectivity index (χ3v) is 3.94. The molecule has 0 radical (unpaired) electrons. The zero-order valence-electron chi connectivity index (χ0n) is 16.5. The van der Waals surface area contributed by atoms with Crippen LogP contribution in [0.4, 0.5) is 0 Å². The summed E-state index contributed by atoms with van der Waals surface area (Å²) < 4.78 is 20.1. The van der Waals surface area contributed by atoms with Crippen molar-refractivity contribution in [3.63, 3.8) is 0 Å². The fourth-order valence-corrected chi connectivity index (χ4v) is 2.42. The van der Waals surface area contributed by atoms with E-state index in [9.17, 15) is 4.79 Å². The largest absolute Gasteiger partial charge is 0.394 e. The summed E-state index contributed by atoms with van der Waals surface area (Å²) >= 11 is 1.16. The normalized spacial score (nSPS) is 10.1. The Morgan fingerprint density at radius 2 is 1.52 bits per heavy atom. The number of rotatable bonds is 16. The van der Waals surface area contributed by atoms with Gasteiger partial charge in [0.05, 0.1) is 70.9 Å². The minimum absolute atomic E-state index is 0.00154. The molecule has 0 fully saturated rings. The lowest BCUT2D eigenvalue weighted by Gasteiger charge is -2.05. The van der Waals surface area contributed by atoms with Gasteiger partial charge >= 0.3 is 0 Å². The third-order valence-electron chi connectivity index (χ3n) is 2.95. The zero-order valence-corrected chi connectivity index (χ0v) is 17.3. The van der Waals surface area contributed by atoms with Crippen LogP contribution in [-0.4, -0.2) is 95.3 Å². The standard InChI is InChI=1S/C12H16N2O4S.C6H15NO3/c13-9-10-1-2-11(19-10)12(16)14-3-5-17-7-8-18-6-4-15;7-1-3-9-5-6-10-4-2-8/h1-2,15H,3-8H2,(H,14,16);8H,1-7H2. The average Bonchev–Trinajstić information content (AvgIpc) is 3.22. The Balaban J connectivity index is 0.000000665. The molecule has 10 nitrogen and oxygen atoms in total. The van der Waals surface area contributed by atoms with Gasteiger partial charge in [-0.3, -0.25) is 4.79 Å². The van der Waals surface area contributed by atoms with Gasteiger partial charge in [0.1, 0.15) is 10.9 Å². The van der Waals surface area contributed by atoms with E-state index in [1.807, 2.05) is 6.07 Å². The summed E-state index contributed by atoms with van der Waals surface area (Å²) in [6.07, 6.45) is 0. The van der Waals surface area contributed by atoms with Crippen molar-refractivity contribution in [1.82, 2.24) is 5.32 Å². The number of aliphatic hydroxyl groups excluding tert-OH is 2. The molecule has 0 spiro atoms. The summed E-state index contributed by atoms with van der Waals surface area (Å²) in [7, 11) is 0. The number of carbonyl (C=O) groups is 1. The van der Waals surface area contributed by atoms with Crippen LogP contribution in [0.15, 0.2) is 12.1 Å². The highest BCUT2D eigenvalue weighted by Gasteiger charge is 2.07. The molecule has 29 heavy (non-hydrogen) atoms. The fourth-order valence-electron chi connectivity index (χ4n) is 1.70. The first-order valence-electron chi connectivity index (χ1n) is 9.20. The molecule has 0 bridgehead atoms. The molecule has 0 aromatic carbocycles. The molecule has 11 heteroatoms. The van der Waals surface area contributed by atoms with E-state index in [1.54, 1.807) is 12.1 Å². The van der Waals surface area contributed by atoms with E-state index in [1.165, 1.54) is 0 Å². The van der Waals surface area contributed by atoms with Crippen molar-refractivity contribution in [3.8, 4) is 6.07 Å². The molecule has 0 saturated heterocycles. The van der Waals surface area contributed by atoms with Gasteiger partial charge in [-0.15, -0.1) is 11.3 Å². The van der Waals surface area contributed by atoms with E-state index in [0.29, 0.717) is 75.7 Å². The number of amides is 1. The Bertz CT molecular complexity index is 544. The maximum Gasteiger partial charge on any atom is 0.261 e. The molecule has 1 rings (SSSR count). The number of carbonyl (C=O) groups excluding carboxylic acids is 1. The smallest absolute Gasteiger partial charge is 0.261 e. The third kappa shape index (κ3) is 17.0. The highest BCUT2D eigenvalue weighted by molar-refractivity contribution is 7.14. The van der Waals surface area contributed by atoms with Crippen LogP contribution in [0, 0.1) is 11.3 Å². The molecule has 0 unspecified atom stereocenters. The van der Waals surface area contributed by atoms with Crippen LogP contribution in [0.5, 0.6) is 0 Å². The number of aliphatic hydroxyl groups is 2. The number of hydrogen-bond acceptors (Lipinski definition) is 10. The van der Waals surface area contributed by atoms with Gasteiger partial charge in [-0.25, -0.2) is 0 Å². The molecule has 5 N–H and O–H groups in total. The summed E-state index contributed by atoms with van der Waals surface area (Å²) in [5.74, 6) is -0.202. The summed E-state index contributed by atoms with van der Waals surface area (Å²) in [4.78, 5) is 12.7. The van der Waals surface area contributed by atoms with Gasteiger partial charge in [-0.05, 0) is 12.1 Å². The number of thiophene rings is 1. The molecule has 0 aliphatic carbocycles. The molecule has 0 saturated carbocycles. The van der Waals surface area contributed by atoms with Crippen LogP contribution in [0.3, 0.4) is 0 Å². The molecular weight excluding hydrogens is 402 g/mol. The van der Waals surface area contributed by atoms with Crippen LogP contribution in [-0.2, 0) is 18.9 Å². The monoisotopic (exact) mass is 433 g/mol. The molecule has 166 valence electrons. The maximum absolute atomic E-state index is 11.6. The second-order valence-corrected chi connectivity index (χ2v) is 6.30. The van der Waals surface area contributed by atoms with Crippen LogP contribution in [0.1, 0.15) is 14.5 Å². The molecule has 1 heterocycles. The lowest BCUT2D eigenvalue weighted by molar-refractivity contribution is 0.0338. The van der Waals surface area contributed by atoms with Gasteiger partial charge < -0.3 is 40.2 Å². The Labute approximate surface area is 175 Å². The number of nitrogens with one attached hydrogen (secondary N) is 1. The first-order chi connectivity index (χ1) is 14.2. The summed E-state index contributed by atoms with van der Waals surface area (Å²) in [6, 6.07) is 5.23. The molecule has 0 aliphatic rings. The highest BCUT2D eigenvalue weighted by Crippen LogP contribution is 2.14. The van der Waals surface area contributed by atoms with Gasteiger partial charge in [0.2, 0.25) is 0 Å². The number of hydrogen-bond donors (Lipinski definition) is 4. The Morgan fingerprint density at radius 3 is 2.00 bits per heavy atom. The predicted octanol–water partition coefficient (Wildman–Crippen LogP) is -0.654. The molecule has 1 aromatic heterocycles. The van der Waals surface area contributed by atoms with Crippen LogP contribution in [0.2, 0.25) is 0 Å². The van der Waals surface area contributed by atoms with Crippen LogP contribution >= 0.6 is 11.3 Å². The van der Waals surface area contributed by atoms with E-state index >= 15 is 0 Å². The number of nitrogens with zero attached hydrogens (tertiary/aromatic N) is 1. The molecular formula is C18H31N3O7S. The molecule has 1 amide bonds. The van der Waals surface area contributed by atoms with Crippen molar-refractivity contribution in [3.05, 3.63) is 21.9 Å². The van der Waals surface area contributed by atoms with Crippen molar-refractivity contribution < 1.29 is 34.0 Å². The summed E-state index contributed by atoms with van der Waals surface area (Å²) in [5.41, 5.74) is 5.16. The average molecular weight is 434 g/mol. The lowest BCUT2D eigenvalue weighted by atomic mass is 10.4. The first kappa shape index (κ1) is 27.4. The second kappa shape index (κ2) is 21.1. The van der Waals surface area contributed by atoms with Crippen LogP contribution < -0.4 is 11.1 Å². The first-order valence-corrected chi connectivity index (χ1v) is 10.0. The van der Waals surface area contributed by atoms with Gasteiger partial charge in [-0.1, -0.05) is 0 Å². The van der Waals surface area contributed by atoms with Gasteiger partial charge in [0, 0.05) is 13.1 Å². The Kier molecular flexibility index (Phi) is 19.9. The van der Waals surface area contributed by atoms with E-state index in [-0.39, 0.29) is 19.1 Å². The van der Waals surface area contributed by atoms with E-state index in [0.717, 1.165) is 11.3 Å². The minimum atomic E-state index is -0.202. The van der Waals surface area contributed by atoms with E-state index in [2.05, 4.69) is 5.32 Å². The SMILES string of the molecule is N#Cc1ccc(C(=O)NCCOCCOCCO)s1.NCCOCCOCCO. The Morgan fingerprint density at radius 1 is 0.966 bits per heavy atom. The highest BCUT2D eigenvalue weighted by atomic mass is 32.1. The van der Waals surface area contributed by atoms with E-state index < -0.39 is 0 Å². The minimum Gasteiger partial charge on any atom is -0.394 e. The summed E-state index contributed by atoms with van der Waals surface area (Å²) in [6.45, 7) is 4.59. The van der Waals surface area contributed by atoms with Gasteiger partial charge in [-0.2, -0.15) is 5.26 Å². The predicted molar refractivity (Wildman–Crippen MR) is 108 cm³/mol. The topological polar surface area (TPSA) is 156 Å². The molecule has 1 aromatic rings. The van der Waals surface area contributed by atoms with Gasteiger partial charge in [0.25, 0.3) is 5.91 Å². The Hall–Kier alpha value is -1.62. The number of nitriles is 1. The molecule has 0 aliphatic heterocycles. The lowest BCUT2D eigenvalue weighted by Crippen LogP contribution is -2.27. The van der Waals surface area contributed by atoms with Crippen LogP contribution in [0.25, 0.3) is 0 Å². The van der Waals surface area contributed by atoms with E-state index in [4.69, 9.17) is 40.2 Å². The van der Waals surface area contributed by atoms with Crippen molar-refractivity contribution in [1.29, 1.82) is 5.26 Å². The quantitative estimate of drug-likeness (QED) is 0.249. The van der Waals surface area contributed by atoms with Crippen molar-refractivity contribution in [2.24, 2.45) is 5.73 Å². The number of ether oxygens (including phenoxy) is 4. The maximum atomic E-state index is 11.6. The van der Waals surface area contributed by atoms with Gasteiger partial charge in [0.15, 0.2) is 0 Å².